The van der Waals surface area contributed by atoms with E-state index in [4.69, 9.17) is 0 Å². The van der Waals surface area contributed by atoms with Crippen LogP contribution in [0.5, 0.6) is 0 Å². The molecule has 0 saturated heterocycles. The highest BCUT2D eigenvalue weighted by molar-refractivity contribution is 7.44. The van der Waals surface area contributed by atoms with Crippen LogP contribution in [0.2, 0.25) is 0 Å². The highest BCUT2D eigenvalue weighted by Gasteiger charge is 2.23. The van der Waals surface area contributed by atoms with Crippen molar-refractivity contribution in [1.82, 2.24) is 0 Å². The number of fused-ring (bicyclic) bond motifs is 17. The first-order chi connectivity index (χ1) is 23.3. The summed E-state index contributed by atoms with van der Waals surface area (Å²) in [6.45, 7) is 0. The minimum Gasteiger partial charge on any atom is -0.132 e. The van der Waals surface area contributed by atoms with Gasteiger partial charge in [0.1, 0.15) is 0 Å². The predicted octanol–water partition coefficient (Wildman–Crippen LogP) is 14.4. The SMILES string of the molecule is c1ccc(-c2ccc3c(c2)c2ccccc2c2c3sc3c4sc5c6ccc(-c7ccccc7)cc6c6ccccc6c5c4sc32)cc1. The quantitative estimate of drug-likeness (QED) is 0.164. The molecule has 3 heteroatoms. The summed E-state index contributed by atoms with van der Waals surface area (Å²) < 4.78 is 8.54. The fraction of sp³-hybridized carbons (Fsp3) is 0. The van der Waals surface area contributed by atoms with Crippen molar-refractivity contribution < 1.29 is 0 Å². The van der Waals surface area contributed by atoms with E-state index in [0.717, 1.165) is 0 Å². The molecule has 8 aromatic carbocycles. The van der Waals surface area contributed by atoms with Gasteiger partial charge in [-0.3, -0.25) is 0 Å². The number of thiophene rings is 3. The van der Waals surface area contributed by atoms with Crippen molar-refractivity contribution in [3.05, 3.63) is 146 Å². The van der Waals surface area contributed by atoms with Crippen molar-refractivity contribution in [2.24, 2.45) is 0 Å². The molecule has 0 atom stereocenters. The summed E-state index contributed by atoms with van der Waals surface area (Å²) in [4.78, 5) is 0. The Balaban J connectivity index is 1.24. The van der Waals surface area contributed by atoms with E-state index in [1.807, 2.05) is 34.0 Å². The molecule has 0 nitrogen and oxygen atoms in total. The van der Waals surface area contributed by atoms with Crippen LogP contribution in [0.4, 0.5) is 0 Å². The van der Waals surface area contributed by atoms with Gasteiger partial charge in [0.25, 0.3) is 0 Å². The van der Waals surface area contributed by atoms with E-state index < -0.39 is 0 Å². The largest absolute Gasteiger partial charge is 0.132 e. The molecule has 11 rings (SSSR count). The van der Waals surface area contributed by atoms with Crippen LogP contribution in [0, 0.1) is 0 Å². The fourth-order valence-corrected chi connectivity index (χ4v) is 12.3. The van der Waals surface area contributed by atoms with Crippen LogP contribution in [-0.2, 0) is 0 Å². The summed E-state index contributed by atoms with van der Waals surface area (Å²) in [5.74, 6) is 0. The average Bonchev–Trinajstić information content (AvgIpc) is 3.81. The molecule has 0 unspecified atom stereocenters. The first-order valence-corrected chi connectivity index (χ1v) is 18.4. The molecule has 0 aliphatic rings. The smallest absolute Gasteiger partial charge is 0.0642 e. The minimum absolute atomic E-state index is 1.26. The normalized spacial score (nSPS) is 12.3. The predicted molar refractivity (Wildman–Crippen MR) is 211 cm³/mol. The van der Waals surface area contributed by atoms with Crippen LogP contribution in [0.3, 0.4) is 0 Å². The van der Waals surface area contributed by atoms with Crippen LogP contribution >= 0.6 is 34.0 Å². The first kappa shape index (κ1) is 26.1. The Labute approximate surface area is 282 Å². The molecule has 0 fully saturated rings. The Morgan fingerprint density at radius 1 is 0.234 bits per heavy atom. The van der Waals surface area contributed by atoms with Crippen molar-refractivity contribution in [1.29, 1.82) is 0 Å². The van der Waals surface area contributed by atoms with Crippen molar-refractivity contribution in [2.45, 2.75) is 0 Å². The summed E-state index contributed by atoms with van der Waals surface area (Å²) >= 11 is 5.98. The molecule has 0 radical (unpaired) electrons. The van der Waals surface area contributed by atoms with Gasteiger partial charge in [0.05, 0.1) is 18.8 Å². The molecule has 0 saturated carbocycles. The standard InChI is InChI=1S/C44H24S3/c1-3-11-25(12-4-1)27-19-21-33-35(23-27)29-15-7-9-17-31(29)37-39(33)45-43-41(37)47-42-38-32-18-10-8-16-30(32)36-24-28(26-13-5-2-6-14-26)20-22-34(36)40(38)46-44(42)43/h1-24H. The van der Waals surface area contributed by atoms with Crippen LogP contribution in [0.15, 0.2) is 146 Å². The van der Waals surface area contributed by atoms with Gasteiger partial charge in [0.2, 0.25) is 0 Å². The van der Waals surface area contributed by atoms with Crippen molar-refractivity contribution in [3.63, 3.8) is 0 Å². The molecule has 0 N–H and O–H groups in total. The maximum absolute atomic E-state index is 2.40. The fourth-order valence-electron chi connectivity index (χ4n) is 7.72. The molecular formula is C44H24S3. The molecular weight excluding hydrogens is 625 g/mol. The van der Waals surface area contributed by atoms with Crippen LogP contribution in [0.1, 0.15) is 0 Å². The van der Waals surface area contributed by atoms with Crippen LogP contribution < -0.4 is 0 Å². The Bertz CT molecular complexity index is 2840. The molecule has 0 amide bonds. The minimum atomic E-state index is 1.26. The van der Waals surface area contributed by atoms with Gasteiger partial charge in [-0.25, -0.2) is 0 Å². The summed E-state index contributed by atoms with van der Waals surface area (Å²) in [6, 6.07) is 53.7. The zero-order valence-electron chi connectivity index (χ0n) is 25.1. The lowest BCUT2D eigenvalue weighted by Gasteiger charge is -2.10. The summed E-state index contributed by atoms with van der Waals surface area (Å²) in [5, 5.41) is 13.6. The molecule has 0 bridgehead atoms. The average molecular weight is 649 g/mol. The lowest BCUT2D eigenvalue weighted by Crippen LogP contribution is -1.83. The van der Waals surface area contributed by atoms with Gasteiger partial charge in [-0.15, -0.1) is 34.0 Å². The third-order valence-electron chi connectivity index (χ3n) is 9.86. The topological polar surface area (TPSA) is 0 Å². The van der Waals surface area contributed by atoms with E-state index in [1.165, 1.54) is 104 Å². The lowest BCUT2D eigenvalue weighted by atomic mass is 9.95. The highest BCUT2D eigenvalue weighted by atomic mass is 32.1. The van der Waals surface area contributed by atoms with Gasteiger partial charge in [-0.1, -0.05) is 133 Å². The van der Waals surface area contributed by atoms with Gasteiger partial charge in [-0.05, 0) is 66.7 Å². The molecule has 0 spiro atoms. The Hall–Kier alpha value is -5.06. The maximum atomic E-state index is 2.40. The van der Waals surface area contributed by atoms with E-state index in [2.05, 4.69) is 146 Å². The summed E-state index contributed by atoms with van der Waals surface area (Å²) in [7, 11) is 0. The lowest BCUT2D eigenvalue weighted by molar-refractivity contribution is 1.65. The van der Waals surface area contributed by atoms with Crippen LogP contribution in [-0.4, -0.2) is 0 Å². The molecule has 218 valence electrons. The number of hydrogen-bond acceptors (Lipinski definition) is 3. The maximum Gasteiger partial charge on any atom is 0.0642 e. The van der Waals surface area contributed by atoms with Gasteiger partial charge < -0.3 is 0 Å². The molecule has 47 heavy (non-hydrogen) atoms. The van der Waals surface area contributed by atoms with Crippen molar-refractivity contribution in [2.75, 3.05) is 0 Å². The van der Waals surface area contributed by atoms with Crippen molar-refractivity contribution >= 4 is 116 Å². The van der Waals surface area contributed by atoms with Crippen LogP contribution in [0.25, 0.3) is 104 Å². The molecule has 3 aromatic heterocycles. The first-order valence-electron chi connectivity index (χ1n) is 15.9. The molecule has 3 heterocycles. The van der Waals surface area contributed by atoms with Gasteiger partial charge in [0.15, 0.2) is 0 Å². The second-order valence-corrected chi connectivity index (χ2v) is 15.4. The number of hydrogen-bond donors (Lipinski definition) is 0. The highest BCUT2D eigenvalue weighted by Crippen LogP contribution is 2.55. The second-order valence-electron chi connectivity index (χ2n) is 12.4. The van der Waals surface area contributed by atoms with Gasteiger partial charge in [0, 0.05) is 30.9 Å². The zero-order valence-corrected chi connectivity index (χ0v) is 27.5. The number of benzene rings is 8. The second kappa shape index (κ2) is 9.73. The summed E-state index contributed by atoms with van der Waals surface area (Å²) in [5.41, 5.74) is 5.05. The zero-order chi connectivity index (χ0) is 30.6. The summed E-state index contributed by atoms with van der Waals surface area (Å²) in [6.07, 6.45) is 0. The Morgan fingerprint density at radius 3 is 1.06 bits per heavy atom. The third kappa shape index (κ3) is 3.62. The monoisotopic (exact) mass is 648 g/mol. The van der Waals surface area contributed by atoms with E-state index in [1.54, 1.807) is 0 Å². The van der Waals surface area contributed by atoms with Gasteiger partial charge in [-0.2, -0.15) is 0 Å². The van der Waals surface area contributed by atoms with E-state index >= 15 is 0 Å². The number of rotatable bonds is 2. The Kier molecular flexibility index (Phi) is 5.39. The van der Waals surface area contributed by atoms with Crippen molar-refractivity contribution in [3.8, 4) is 22.3 Å². The van der Waals surface area contributed by atoms with E-state index in [-0.39, 0.29) is 0 Å². The third-order valence-corrected chi connectivity index (χ3v) is 13.9. The van der Waals surface area contributed by atoms with E-state index in [0.29, 0.717) is 0 Å². The molecule has 11 aromatic rings. The molecule has 0 aliphatic carbocycles. The molecule has 0 aliphatic heterocycles. The van der Waals surface area contributed by atoms with Gasteiger partial charge >= 0.3 is 0 Å². The Morgan fingerprint density at radius 2 is 0.617 bits per heavy atom. The van der Waals surface area contributed by atoms with E-state index in [9.17, 15) is 0 Å².